The van der Waals surface area contributed by atoms with E-state index in [1.165, 1.54) is 36.0 Å². The fourth-order valence-electron chi connectivity index (χ4n) is 2.18. The van der Waals surface area contributed by atoms with E-state index in [1.54, 1.807) is 6.20 Å². The molecule has 126 valence electrons. The first kappa shape index (κ1) is 16.7. The number of nitrogens with zero attached hydrogens (tertiary/aromatic N) is 3. The van der Waals surface area contributed by atoms with Crippen molar-refractivity contribution in [3.63, 3.8) is 0 Å². The average molecular weight is 354 g/mol. The maximum Gasteiger partial charge on any atom is 0.269 e. The van der Waals surface area contributed by atoms with Crippen LogP contribution in [0.5, 0.6) is 0 Å². The lowest BCUT2D eigenvalue weighted by molar-refractivity contribution is -0.384. The van der Waals surface area contributed by atoms with Gasteiger partial charge in [0.1, 0.15) is 0 Å². The molecule has 0 saturated carbocycles. The molecule has 0 fully saturated rings. The largest absolute Gasteiger partial charge is 0.325 e. The molecule has 0 aliphatic rings. The molecule has 8 heteroatoms. The predicted molar refractivity (Wildman–Crippen MR) is 96.0 cm³/mol. The molecule has 0 radical (unpaired) electrons. The zero-order valence-electron chi connectivity index (χ0n) is 13.0. The molecule has 0 aliphatic carbocycles. The Morgan fingerprint density at radius 1 is 1.16 bits per heavy atom. The molecule has 3 aromatic rings. The van der Waals surface area contributed by atoms with E-state index >= 15 is 0 Å². The van der Waals surface area contributed by atoms with Gasteiger partial charge in [0, 0.05) is 35.9 Å². The van der Waals surface area contributed by atoms with Gasteiger partial charge in [-0.2, -0.15) is 0 Å². The Balaban J connectivity index is 1.60. The average Bonchev–Trinajstić information content (AvgIpc) is 3.10. The monoisotopic (exact) mass is 354 g/mol. The van der Waals surface area contributed by atoms with Crippen LogP contribution in [0.4, 0.5) is 11.4 Å². The maximum atomic E-state index is 12.1. The molecule has 2 aromatic carbocycles. The Morgan fingerprint density at radius 3 is 2.56 bits per heavy atom. The number of carbonyl (C=O) groups is 1. The molecule has 25 heavy (non-hydrogen) atoms. The van der Waals surface area contributed by atoms with Crippen molar-refractivity contribution in [1.29, 1.82) is 0 Å². The smallest absolute Gasteiger partial charge is 0.269 e. The summed E-state index contributed by atoms with van der Waals surface area (Å²) in [5.41, 5.74) is 1.47. The highest BCUT2D eigenvalue weighted by molar-refractivity contribution is 7.99. The second-order valence-corrected chi connectivity index (χ2v) is 6.00. The molecule has 0 bridgehead atoms. The van der Waals surface area contributed by atoms with E-state index in [0.29, 0.717) is 10.8 Å². The van der Waals surface area contributed by atoms with E-state index in [2.05, 4.69) is 10.3 Å². The van der Waals surface area contributed by atoms with E-state index in [1.807, 2.05) is 41.1 Å². The first-order chi connectivity index (χ1) is 12.1. The number of aromatic nitrogens is 2. The third-order valence-corrected chi connectivity index (χ3v) is 4.30. The minimum atomic E-state index is -0.481. The summed E-state index contributed by atoms with van der Waals surface area (Å²) in [6.07, 6.45) is 3.52. The molecular formula is C17H14N4O3S. The highest BCUT2D eigenvalue weighted by Gasteiger charge is 2.10. The Labute approximate surface area is 147 Å². The Morgan fingerprint density at radius 2 is 1.88 bits per heavy atom. The molecule has 0 spiro atoms. The lowest BCUT2D eigenvalue weighted by Crippen LogP contribution is -2.14. The Bertz CT molecular complexity index is 878. The lowest BCUT2D eigenvalue weighted by atomic mass is 10.3. The highest BCUT2D eigenvalue weighted by Crippen LogP contribution is 2.21. The van der Waals surface area contributed by atoms with Crippen molar-refractivity contribution in [2.75, 3.05) is 11.1 Å². The standard InChI is InChI=1S/C17H14N4O3S/c22-16(19-13-6-8-15(9-7-13)21(23)24)12-25-17-18-10-11-20(17)14-4-2-1-3-5-14/h1-11H,12H2,(H,19,22). The Hall–Kier alpha value is -3.13. The van der Waals surface area contributed by atoms with E-state index in [-0.39, 0.29) is 17.3 Å². The number of nitro groups is 1. The van der Waals surface area contributed by atoms with Gasteiger partial charge >= 0.3 is 0 Å². The van der Waals surface area contributed by atoms with Crippen LogP contribution in [0.2, 0.25) is 0 Å². The SMILES string of the molecule is O=C(CSc1nccn1-c1ccccc1)Nc1ccc([N+](=O)[O-])cc1. The van der Waals surface area contributed by atoms with Gasteiger partial charge in [0.2, 0.25) is 5.91 Å². The number of rotatable bonds is 6. The number of para-hydroxylation sites is 1. The molecule has 1 heterocycles. The first-order valence-corrected chi connectivity index (χ1v) is 8.38. The van der Waals surface area contributed by atoms with Gasteiger partial charge < -0.3 is 5.32 Å². The second-order valence-electron chi connectivity index (χ2n) is 5.06. The van der Waals surface area contributed by atoms with Gasteiger partial charge in [-0.15, -0.1) is 0 Å². The number of nitrogens with one attached hydrogen (secondary N) is 1. The summed E-state index contributed by atoms with van der Waals surface area (Å²) in [4.78, 5) is 26.5. The number of carbonyl (C=O) groups excluding carboxylic acids is 1. The maximum absolute atomic E-state index is 12.1. The van der Waals surface area contributed by atoms with E-state index in [4.69, 9.17) is 0 Å². The van der Waals surface area contributed by atoms with E-state index < -0.39 is 4.92 Å². The summed E-state index contributed by atoms with van der Waals surface area (Å²) in [6.45, 7) is 0. The van der Waals surface area contributed by atoms with Crippen molar-refractivity contribution in [2.24, 2.45) is 0 Å². The molecule has 1 N–H and O–H groups in total. The van der Waals surface area contributed by atoms with Gasteiger partial charge in [0.15, 0.2) is 5.16 Å². The van der Waals surface area contributed by atoms with Crippen molar-refractivity contribution in [3.8, 4) is 5.69 Å². The van der Waals surface area contributed by atoms with Crippen LogP contribution in [-0.4, -0.2) is 26.1 Å². The molecule has 1 aromatic heterocycles. The quantitative estimate of drug-likeness (QED) is 0.416. The molecule has 0 aliphatic heterocycles. The Kier molecular flexibility index (Phi) is 5.10. The van der Waals surface area contributed by atoms with Crippen LogP contribution in [-0.2, 0) is 4.79 Å². The number of non-ortho nitro benzene ring substituents is 1. The predicted octanol–water partition coefficient (Wildman–Crippen LogP) is 3.51. The summed E-state index contributed by atoms with van der Waals surface area (Å²) in [5, 5.41) is 14.0. The first-order valence-electron chi connectivity index (χ1n) is 7.39. The molecule has 7 nitrogen and oxygen atoms in total. The van der Waals surface area contributed by atoms with Crippen LogP contribution in [0.25, 0.3) is 5.69 Å². The van der Waals surface area contributed by atoms with Gasteiger partial charge in [-0.3, -0.25) is 19.5 Å². The summed E-state index contributed by atoms with van der Waals surface area (Å²) in [5.74, 6) is -0.0256. The van der Waals surface area contributed by atoms with Crippen molar-refractivity contribution in [2.45, 2.75) is 5.16 Å². The number of imidazole rings is 1. The van der Waals surface area contributed by atoms with Gasteiger partial charge in [0.25, 0.3) is 5.69 Å². The van der Waals surface area contributed by atoms with Gasteiger partial charge in [0.05, 0.1) is 10.7 Å². The third-order valence-electron chi connectivity index (χ3n) is 3.34. The van der Waals surface area contributed by atoms with Crippen LogP contribution in [0.15, 0.2) is 72.1 Å². The van der Waals surface area contributed by atoms with Gasteiger partial charge in [-0.25, -0.2) is 4.98 Å². The number of amides is 1. The van der Waals surface area contributed by atoms with Crippen LogP contribution in [0.3, 0.4) is 0 Å². The lowest BCUT2D eigenvalue weighted by Gasteiger charge is -2.08. The molecule has 0 unspecified atom stereocenters. The van der Waals surface area contributed by atoms with E-state index in [9.17, 15) is 14.9 Å². The highest BCUT2D eigenvalue weighted by atomic mass is 32.2. The van der Waals surface area contributed by atoms with Crippen molar-refractivity contribution in [1.82, 2.24) is 9.55 Å². The fraction of sp³-hybridized carbons (Fsp3) is 0.0588. The molecule has 1 amide bonds. The van der Waals surface area contributed by atoms with Crippen LogP contribution in [0, 0.1) is 10.1 Å². The third kappa shape index (κ3) is 4.24. The number of anilines is 1. The molecule has 3 rings (SSSR count). The zero-order valence-corrected chi connectivity index (χ0v) is 13.8. The minimum absolute atomic E-state index is 0.0164. The van der Waals surface area contributed by atoms with Crippen LogP contribution >= 0.6 is 11.8 Å². The molecular weight excluding hydrogens is 340 g/mol. The normalized spacial score (nSPS) is 10.4. The summed E-state index contributed by atoms with van der Waals surface area (Å²) >= 11 is 1.32. The summed E-state index contributed by atoms with van der Waals surface area (Å²) < 4.78 is 1.91. The number of hydrogen-bond acceptors (Lipinski definition) is 5. The second kappa shape index (κ2) is 7.63. The number of thioether (sulfide) groups is 1. The van der Waals surface area contributed by atoms with Crippen molar-refractivity contribution < 1.29 is 9.72 Å². The van der Waals surface area contributed by atoms with Gasteiger partial charge in [-0.05, 0) is 24.3 Å². The van der Waals surface area contributed by atoms with Gasteiger partial charge in [-0.1, -0.05) is 30.0 Å². The minimum Gasteiger partial charge on any atom is -0.325 e. The van der Waals surface area contributed by atoms with Crippen molar-refractivity contribution in [3.05, 3.63) is 77.1 Å². The van der Waals surface area contributed by atoms with Crippen LogP contribution < -0.4 is 5.32 Å². The summed E-state index contributed by atoms with van der Waals surface area (Å²) in [6, 6.07) is 15.4. The zero-order chi connectivity index (χ0) is 17.6. The number of benzene rings is 2. The topological polar surface area (TPSA) is 90.1 Å². The molecule has 0 atom stereocenters. The van der Waals surface area contributed by atoms with Crippen molar-refractivity contribution >= 4 is 29.0 Å². The van der Waals surface area contributed by atoms with Crippen LogP contribution in [0.1, 0.15) is 0 Å². The fourth-order valence-corrected chi connectivity index (χ4v) is 2.95. The molecule has 0 saturated heterocycles. The van der Waals surface area contributed by atoms with E-state index in [0.717, 1.165) is 5.69 Å². The number of hydrogen-bond donors (Lipinski definition) is 1. The number of nitro benzene ring substituents is 1. The summed E-state index contributed by atoms with van der Waals surface area (Å²) in [7, 11) is 0.